The van der Waals surface area contributed by atoms with Gasteiger partial charge in [-0.1, -0.05) is 24.3 Å². The van der Waals surface area contributed by atoms with Crippen molar-refractivity contribution < 1.29 is 27.4 Å². The van der Waals surface area contributed by atoms with Crippen molar-refractivity contribution in [3.63, 3.8) is 0 Å². The number of anilines is 1. The molecule has 3 aromatic rings. The van der Waals surface area contributed by atoms with Gasteiger partial charge >= 0.3 is 0 Å². The van der Waals surface area contributed by atoms with E-state index < -0.39 is 10.0 Å². The van der Waals surface area contributed by atoms with Crippen molar-refractivity contribution in [3.05, 3.63) is 78.4 Å². The summed E-state index contributed by atoms with van der Waals surface area (Å²) in [6.45, 7) is 3.13. The second-order valence-corrected chi connectivity index (χ2v) is 10.7. The molecule has 0 aromatic heterocycles. The molecule has 2 heterocycles. The third-order valence-corrected chi connectivity index (χ3v) is 8.33. The van der Waals surface area contributed by atoms with Gasteiger partial charge in [0, 0.05) is 32.7 Å². The van der Waals surface area contributed by atoms with Crippen LogP contribution in [0, 0.1) is 0 Å². The van der Waals surface area contributed by atoms with Crippen LogP contribution in [0.1, 0.15) is 5.56 Å². The molecule has 1 amide bonds. The summed E-state index contributed by atoms with van der Waals surface area (Å²) in [4.78, 5) is 17.4. The van der Waals surface area contributed by atoms with Gasteiger partial charge in [-0.3, -0.25) is 14.0 Å². The zero-order valence-electron chi connectivity index (χ0n) is 20.6. The Kier molecular flexibility index (Phi) is 7.20. The van der Waals surface area contributed by atoms with Crippen LogP contribution in [0.25, 0.3) is 0 Å². The number of benzene rings is 3. The van der Waals surface area contributed by atoms with E-state index in [-0.39, 0.29) is 24.1 Å². The smallest absolute Gasteiger partial charge is 0.264 e. The predicted molar refractivity (Wildman–Crippen MR) is 138 cm³/mol. The van der Waals surface area contributed by atoms with Crippen molar-refractivity contribution in [1.82, 2.24) is 9.80 Å². The third-order valence-electron chi connectivity index (χ3n) is 6.54. The van der Waals surface area contributed by atoms with E-state index in [9.17, 15) is 13.2 Å². The van der Waals surface area contributed by atoms with Crippen LogP contribution in [0.2, 0.25) is 0 Å². The first kappa shape index (κ1) is 24.9. The minimum absolute atomic E-state index is 0.0958. The number of sulfonamides is 1. The maximum Gasteiger partial charge on any atom is 0.264 e. The highest BCUT2D eigenvalue weighted by atomic mass is 32.2. The summed E-state index contributed by atoms with van der Waals surface area (Å²) in [5, 5.41) is 0. The first-order valence-corrected chi connectivity index (χ1v) is 13.5. The van der Waals surface area contributed by atoms with Crippen LogP contribution in [0.15, 0.2) is 77.7 Å². The lowest BCUT2D eigenvalue weighted by Gasteiger charge is -2.36. The van der Waals surface area contributed by atoms with Crippen LogP contribution in [0.5, 0.6) is 17.2 Å². The number of ether oxygens (including phenoxy) is 3. The molecule has 10 heteroatoms. The first-order chi connectivity index (χ1) is 17.9. The fourth-order valence-corrected chi connectivity index (χ4v) is 5.87. The molecule has 3 aromatic carbocycles. The number of rotatable bonds is 8. The van der Waals surface area contributed by atoms with E-state index in [4.69, 9.17) is 14.2 Å². The Labute approximate surface area is 216 Å². The van der Waals surface area contributed by atoms with Gasteiger partial charge in [-0.2, -0.15) is 0 Å². The molecule has 37 heavy (non-hydrogen) atoms. The standard InChI is InChI=1S/C27H29N3O6S/c1-34-23-8-10-24(11-9-23)37(32,33)30(22-5-3-2-4-6-22)19-27(31)29-15-13-28(14-16-29)18-21-7-12-25-26(17-21)36-20-35-25/h2-12,17H,13-16,18-20H2,1H3. The molecule has 194 valence electrons. The summed E-state index contributed by atoms with van der Waals surface area (Å²) in [5.41, 5.74) is 1.55. The summed E-state index contributed by atoms with van der Waals surface area (Å²) < 4.78 is 44.3. The van der Waals surface area contributed by atoms with Gasteiger partial charge in [-0.25, -0.2) is 8.42 Å². The van der Waals surface area contributed by atoms with Gasteiger partial charge in [0.05, 0.1) is 17.7 Å². The molecule has 0 atom stereocenters. The van der Waals surface area contributed by atoms with E-state index in [1.165, 1.54) is 23.5 Å². The van der Waals surface area contributed by atoms with Crippen molar-refractivity contribution in [2.75, 3.05) is 50.9 Å². The molecule has 0 radical (unpaired) electrons. The number of carbonyl (C=O) groups excluding carboxylic acids is 1. The Hall–Kier alpha value is -3.76. The molecule has 0 N–H and O–H groups in total. The van der Waals surface area contributed by atoms with Crippen LogP contribution in [0.4, 0.5) is 5.69 Å². The highest BCUT2D eigenvalue weighted by Crippen LogP contribution is 2.33. The molecule has 0 aliphatic carbocycles. The molecular weight excluding hydrogens is 494 g/mol. The molecule has 9 nitrogen and oxygen atoms in total. The summed E-state index contributed by atoms with van der Waals surface area (Å²) >= 11 is 0. The Bertz CT molecular complexity index is 1340. The molecule has 0 bridgehead atoms. The SMILES string of the molecule is COc1ccc(S(=O)(=O)N(CC(=O)N2CCN(Cc3ccc4c(c3)OCO4)CC2)c2ccccc2)cc1. The van der Waals surface area contributed by atoms with Crippen molar-refractivity contribution in [2.24, 2.45) is 0 Å². The zero-order chi connectivity index (χ0) is 25.8. The number of carbonyl (C=O) groups is 1. The maximum absolute atomic E-state index is 13.6. The van der Waals surface area contributed by atoms with Crippen LogP contribution < -0.4 is 18.5 Å². The number of methoxy groups -OCH3 is 1. The minimum atomic E-state index is -3.97. The highest BCUT2D eigenvalue weighted by molar-refractivity contribution is 7.92. The van der Waals surface area contributed by atoms with Gasteiger partial charge in [0.15, 0.2) is 11.5 Å². The number of piperazine rings is 1. The van der Waals surface area contributed by atoms with E-state index >= 15 is 0 Å². The molecule has 2 aliphatic heterocycles. The lowest BCUT2D eigenvalue weighted by Crippen LogP contribution is -2.51. The summed E-state index contributed by atoms with van der Waals surface area (Å²) in [7, 11) is -2.45. The maximum atomic E-state index is 13.6. The average molecular weight is 524 g/mol. The van der Waals surface area contributed by atoms with E-state index in [2.05, 4.69) is 4.90 Å². The normalized spacial score (nSPS) is 15.4. The van der Waals surface area contributed by atoms with E-state index in [0.29, 0.717) is 37.6 Å². The molecule has 5 rings (SSSR count). The second-order valence-electron chi connectivity index (χ2n) is 8.87. The zero-order valence-corrected chi connectivity index (χ0v) is 21.4. The lowest BCUT2D eigenvalue weighted by molar-refractivity contribution is -0.131. The number of para-hydroxylation sites is 1. The van der Waals surface area contributed by atoms with Crippen molar-refractivity contribution in [2.45, 2.75) is 11.4 Å². The van der Waals surface area contributed by atoms with Crippen molar-refractivity contribution >= 4 is 21.6 Å². The summed E-state index contributed by atoms with van der Waals surface area (Å²) in [6.07, 6.45) is 0. The van der Waals surface area contributed by atoms with Gasteiger partial charge in [0.1, 0.15) is 12.3 Å². The molecule has 2 aliphatic rings. The van der Waals surface area contributed by atoms with Crippen LogP contribution in [-0.2, 0) is 21.4 Å². The number of hydrogen-bond donors (Lipinski definition) is 0. The fraction of sp³-hybridized carbons (Fsp3) is 0.296. The number of hydrogen-bond acceptors (Lipinski definition) is 7. The third kappa shape index (κ3) is 5.50. The van der Waals surface area contributed by atoms with Gasteiger partial charge in [0.2, 0.25) is 12.7 Å². The molecule has 1 fully saturated rings. The monoisotopic (exact) mass is 523 g/mol. The van der Waals surface area contributed by atoms with Crippen LogP contribution >= 0.6 is 0 Å². The highest BCUT2D eigenvalue weighted by Gasteiger charge is 2.30. The number of fused-ring (bicyclic) bond motifs is 1. The molecule has 0 spiro atoms. The van der Waals surface area contributed by atoms with Gasteiger partial charge in [-0.15, -0.1) is 0 Å². The molecule has 1 saturated heterocycles. The fourth-order valence-electron chi connectivity index (χ4n) is 4.46. The average Bonchev–Trinajstić information content (AvgIpc) is 3.40. The topological polar surface area (TPSA) is 88.6 Å². The Balaban J connectivity index is 1.25. The molecule has 0 unspecified atom stereocenters. The van der Waals surface area contributed by atoms with Gasteiger partial charge in [-0.05, 0) is 54.1 Å². The van der Waals surface area contributed by atoms with Crippen LogP contribution in [-0.4, -0.2) is 70.8 Å². The number of nitrogens with zero attached hydrogens (tertiary/aromatic N) is 3. The summed E-state index contributed by atoms with van der Waals surface area (Å²) in [5.74, 6) is 1.83. The Morgan fingerprint density at radius 3 is 2.32 bits per heavy atom. The summed E-state index contributed by atoms with van der Waals surface area (Å²) in [6, 6.07) is 20.8. The quantitative estimate of drug-likeness (QED) is 0.449. The Morgan fingerprint density at radius 1 is 0.919 bits per heavy atom. The number of amides is 1. The lowest BCUT2D eigenvalue weighted by atomic mass is 10.1. The van der Waals surface area contributed by atoms with Crippen LogP contribution in [0.3, 0.4) is 0 Å². The largest absolute Gasteiger partial charge is 0.497 e. The van der Waals surface area contributed by atoms with Gasteiger partial charge in [0.25, 0.3) is 10.0 Å². The Morgan fingerprint density at radius 2 is 1.62 bits per heavy atom. The van der Waals surface area contributed by atoms with E-state index in [0.717, 1.165) is 23.6 Å². The predicted octanol–water partition coefficient (Wildman–Crippen LogP) is 2.96. The minimum Gasteiger partial charge on any atom is -0.497 e. The molecule has 0 saturated carbocycles. The van der Waals surface area contributed by atoms with Gasteiger partial charge < -0.3 is 19.1 Å². The molecular formula is C27H29N3O6S. The van der Waals surface area contributed by atoms with E-state index in [1.807, 2.05) is 24.3 Å². The van der Waals surface area contributed by atoms with Crippen molar-refractivity contribution in [3.8, 4) is 17.2 Å². The van der Waals surface area contributed by atoms with Crippen molar-refractivity contribution in [1.29, 1.82) is 0 Å². The second kappa shape index (κ2) is 10.7. The first-order valence-electron chi connectivity index (χ1n) is 12.0. The van der Waals surface area contributed by atoms with E-state index in [1.54, 1.807) is 41.3 Å².